The number of hydrazine groups is 1. The zero-order valence-corrected chi connectivity index (χ0v) is 8.36. The molecule has 0 saturated heterocycles. The maximum atomic E-state index is 5.54. The first-order valence-electron chi connectivity index (χ1n) is 4.95. The van der Waals surface area contributed by atoms with Crippen LogP contribution in [0.3, 0.4) is 0 Å². The SMILES string of the molecule is COc1ccc(C(NN)C2CC2)cc1. The molecule has 0 radical (unpaired) electrons. The molecule has 1 aliphatic carbocycles. The summed E-state index contributed by atoms with van der Waals surface area (Å²) >= 11 is 0. The second-order valence-electron chi connectivity index (χ2n) is 3.75. The number of rotatable bonds is 4. The summed E-state index contributed by atoms with van der Waals surface area (Å²) in [6.07, 6.45) is 2.56. The van der Waals surface area contributed by atoms with E-state index >= 15 is 0 Å². The van der Waals surface area contributed by atoms with E-state index in [0.29, 0.717) is 12.0 Å². The topological polar surface area (TPSA) is 47.3 Å². The van der Waals surface area contributed by atoms with Gasteiger partial charge in [-0.2, -0.15) is 0 Å². The predicted octanol–water partition coefficient (Wildman–Crippen LogP) is 1.61. The molecule has 1 saturated carbocycles. The van der Waals surface area contributed by atoms with Gasteiger partial charge in [-0.05, 0) is 36.5 Å². The minimum Gasteiger partial charge on any atom is -0.497 e. The fourth-order valence-electron chi connectivity index (χ4n) is 1.75. The van der Waals surface area contributed by atoms with Gasteiger partial charge >= 0.3 is 0 Å². The lowest BCUT2D eigenvalue weighted by Gasteiger charge is -2.15. The van der Waals surface area contributed by atoms with Crippen molar-refractivity contribution < 1.29 is 4.74 Å². The third-order valence-corrected chi connectivity index (χ3v) is 2.75. The number of hydrogen-bond donors (Lipinski definition) is 2. The molecule has 1 atom stereocenters. The van der Waals surface area contributed by atoms with Gasteiger partial charge in [-0.3, -0.25) is 11.3 Å². The molecule has 14 heavy (non-hydrogen) atoms. The summed E-state index contributed by atoms with van der Waals surface area (Å²) in [5.74, 6) is 7.14. The van der Waals surface area contributed by atoms with Crippen molar-refractivity contribution in [3.05, 3.63) is 29.8 Å². The summed E-state index contributed by atoms with van der Waals surface area (Å²) in [5.41, 5.74) is 4.12. The van der Waals surface area contributed by atoms with Gasteiger partial charge in [-0.25, -0.2) is 0 Å². The Morgan fingerprint density at radius 1 is 1.36 bits per heavy atom. The molecule has 0 bridgehead atoms. The lowest BCUT2D eigenvalue weighted by Crippen LogP contribution is -2.29. The van der Waals surface area contributed by atoms with E-state index < -0.39 is 0 Å². The molecule has 1 aliphatic rings. The third kappa shape index (κ3) is 1.89. The van der Waals surface area contributed by atoms with E-state index in [1.54, 1.807) is 7.11 Å². The van der Waals surface area contributed by atoms with Crippen molar-refractivity contribution in [1.82, 2.24) is 5.43 Å². The minimum atomic E-state index is 0.306. The van der Waals surface area contributed by atoms with Crippen LogP contribution in [-0.4, -0.2) is 7.11 Å². The lowest BCUT2D eigenvalue weighted by molar-refractivity contribution is 0.414. The summed E-state index contributed by atoms with van der Waals surface area (Å²) in [5, 5.41) is 0. The predicted molar refractivity (Wildman–Crippen MR) is 55.8 cm³/mol. The van der Waals surface area contributed by atoms with Gasteiger partial charge in [-0.1, -0.05) is 12.1 Å². The molecule has 1 aromatic carbocycles. The van der Waals surface area contributed by atoms with Gasteiger partial charge < -0.3 is 4.74 Å². The zero-order chi connectivity index (χ0) is 9.97. The average Bonchev–Trinajstić information content (AvgIpc) is 3.04. The van der Waals surface area contributed by atoms with Crippen molar-refractivity contribution in [2.24, 2.45) is 11.8 Å². The van der Waals surface area contributed by atoms with Crippen LogP contribution >= 0.6 is 0 Å². The summed E-state index contributed by atoms with van der Waals surface area (Å²) in [4.78, 5) is 0. The van der Waals surface area contributed by atoms with E-state index in [0.717, 1.165) is 5.75 Å². The Morgan fingerprint density at radius 2 is 2.00 bits per heavy atom. The highest BCUT2D eigenvalue weighted by molar-refractivity contribution is 5.29. The van der Waals surface area contributed by atoms with E-state index in [1.165, 1.54) is 18.4 Å². The Balaban J connectivity index is 2.13. The van der Waals surface area contributed by atoms with Crippen LogP contribution in [-0.2, 0) is 0 Å². The molecule has 3 nitrogen and oxygen atoms in total. The number of nitrogens with one attached hydrogen (secondary N) is 1. The van der Waals surface area contributed by atoms with Crippen molar-refractivity contribution >= 4 is 0 Å². The first kappa shape index (κ1) is 9.49. The molecule has 0 heterocycles. The molecule has 76 valence electrons. The van der Waals surface area contributed by atoms with Crippen molar-refractivity contribution in [3.8, 4) is 5.75 Å². The highest BCUT2D eigenvalue weighted by Gasteiger charge is 2.31. The van der Waals surface area contributed by atoms with E-state index in [1.807, 2.05) is 12.1 Å². The van der Waals surface area contributed by atoms with Crippen molar-refractivity contribution in [2.45, 2.75) is 18.9 Å². The van der Waals surface area contributed by atoms with E-state index in [2.05, 4.69) is 17.6 Å². The summed E-state index contributed by atoms with van der Waals surface area (Å²) in [6, 6.07) is 8.40. The minimum absolute atomic E-state index is 0.306. The van der Waals surface area contributed by atoms with Crippen LogP contribution in [0.1, 0.15) is 24.4 Å². The Morgan fingerprint density at radius 3 is 2.43 bits per heavy atom. The van der Waals surface area contributed by atoms with Crippen LogP contribution in [0.15, 0.2) is 24.3 Å². The highest BCUT2D eigenvalue weighted by atomic mass is 16.5. The number of ether oxygens (including phenoxy) is 1. The second-order valence-corrected chi connectivity index (χ2v) is 3.75. The molecule has 3 N–H and O–H groups in total. The number of hydrogen-bond acceptors (Lipinski definition) is 3. The second kappa shape index (κ2) is 3.98. The quantitative estimate of drug-likeness (QED) is 0.563. The molecule has 0 amide bonds. The van der Waals surface area contributed by atoms with Gasteiger partial charge in [0.05, 0.1) is 7.11 Å². The Labute approximate surface area is 84.2 Å². The molecule has 1 fully saturated rings. The molecule has 1 unspecified atom stereocenters. The molecule has 0 aliphatic heterocycles. The van der Waals surface area contributed by atoms with Crippen LogP contribution in [0.5, 0.6) is 5.75 Å². The van der Waals surface area contributed by atoms with Crippen LogP contribution in [0.25, 0.3) is 0 Å². The number of methoxy groups -OCH3 is 1. The lowest BCUT2D eigenvalue weighted by atomic mass is 10.0. The largest absolute Gasteiger partial charge is 0.497 e. The van der Waals surface area contributed by atoms with Gasteiger partial charge in [0, 0.05) is 6.04 Å². The van der Waals surface area contributed by atoms with E-state index in [9.17, 15) is 0 Å². The third-order valence-electron chi connectivity index (χ3n) is 2.75. The molecular formula is C11H16N2O. The normalized spacial score (nSPS) is 17.9. The van der Waals surface area contributed by atoms with Crippen LogP contribution < -0.4 is 16.0 Å². The van der Waals surface area contributed by atoms with Crippen molar-refractivity contribution in [2.75, 3.05) is 7.11 Å². The Hall–Kier alpha value is -1.06. The standard InChI is InChI=1S/C11H16N2O/c1-14-10-6-4-9(5-7-10)11(13-12)8-2-3-8/h4-8,11,13H,2-3,12H2,1H3. The van der Waals surface area contributed by atoms with Crippen LogP contribution in [0.4, 0.5) is 0 Å². The number of nitrogens with two attached hydrogens (primary N) is 1. The van der Waals surface area contributed by atoms with Crippen molar-refractivity contribution in [3.63, 3.8) is 0 Å². The molecule has 0 aromatic heterocycles. The average molecular weight is 192 g/mol. The zero-order valence-electron chi connectivity index (χ0n) is 8.36. The van der Waals surface area contributed by atoms with Gasteiger partial charge in [0.25, 0.3) is 0 Å². The van der Waals surface area contributed by atoms with Gasteiger partial charge in [0.2, 0.25) is 0 Å². The smallest absolute Gasteiger partial charge is 0.118 e. The highest BCUT2D eigenvalue weighted by Crippen LogP contribution is 2.40. The van der Waals surface area contributed by atoms with Gasteiger partial charge in [-0.15, -0.1) is 0 Å². The monoisotopic (exact) mass is 192 g/mol. The maximum Gasteiger partial charge on any atom is 0.118 e. The molecular weight excluding hydrogens is 176 g/mol. The fourth-order valence-corrected chi connectivity index (χ4v) is 1.75. The summed E-state index contributed by atoms with van der Waals surface area (Å²) in [7, 11) is 1.68. The first-order chi connectivity index (χ1) is 6.85. The Kier molecular flexibility index (Phi) is 2.70. The summed E-state index contributed by atoms with van der Waals surface area (Å²) in [6.45, 7) is 0. The first-order valence-corrected chi connectivity index (χ1v) is 4.95. The van der Waals surface area contributed by atoms with Crippen LogP contribution in [0.2, 0.25) is 0 Å². The molecule has 2 rings (SSSR count). The Bertz CT molecular complexity index is 293. The van der Waals surface area contributed by atoms with E-state index in [4.69, 9.17) is 10.6 Å². The maximum absolute atomic E-state index is 5.54. The van der Waals surface area contributed by atoms with E-state index in [-0.39, 0.29) is 0 Å². The molecule has 3 heteroatoms. The fraction of sp³-hybridized carbons (Fsp3) is 0.455. The van der Waals surface area contributed by atoms with Crippen LogP contribution in [0, 0.1) is 5.92 Å². The van der Waals surface area contributed by atoms with Gasteiger partial charge in [0.1, 0.15) is 5.75 Å². The molecule has 0 spiro atoms. The van der Waals surface area contributed by atoms with Gasteiger partial charge in [0.15, 0.2) is 0 Å². The number of benzene rings is 1. The molecule has 1 aromatic rings. The van der Waals surface area contributed by atoms with Crippen molar-refractivity contribution in [1.29, 1.82) is 0 Å². The summed E-state index contributed by atoms with van der Waals surface area (Å²) < 4.78 is 5.11.